The number of fused-ring (bicyclic) bond motifs is 1. The molecule has 26 heavy (non-hydrogen) atoms. The third-order valence-electron chi connectivity index (χ3n) is 4.55. The van der Waals surface area contributed by atoms with Crippen molar-refractivity contribution in [2.45, 2.75) is 39.7 Å². The number of aromatic nitrogens is 1. The molecule has 0 saturated heterocycles. The van der Waals surface area contributed by atoms with Gasteiger partial charge in [0.2, 0.25) is 0 Å². The molecule has 1 aromatic carbocycles. The van der Waals surface area contributed by atoms with E-state index in [1.165, 1.54) is 0 Å². The number of ether oxygens (including phenoxy) is 1. The van der Waals surface area contributed by atoms with Gasteiger partial charge >= 0.3 is 6.03 Å². The highest BCUT2D eigenvalue weighted by molar-refractivity contribution is 6.00. The van der Waals surface area contributed by atoms with E-state index in [0.29, 0.717) is 11.4 Å². The Morgan fingerprint density at radius 1 is 1.31 bits per heavy atom. The van der Waals surface area contributed by atoms with Crippen molar-refractivity contribution < 1.29 is 9.53 Å². The number of urea groups is 1. The third kappa shape index (κ3) is 5.59. The normalized spacial score (nSPS) is 12.2. The molecular formula is C20H30N4O2. The number of amides is 2. The summed E-state index contributed by atoms with van der Waals surface area (Å²) < 4.78 is 5.32. The molecule has 0 saturated carbocycles. The zero-order valence-corrected chi connectivity index (χ0v) is 16.2. The van der Waals surface area contributed by atoms with Gasteiger partial charge in [-0.2, -0.15) is 0 Å². The Morgan fingerprint density at radius 3 is 2.77 bits per heavy atom. The van der Waals surface area contributed by atoms with Gasteiger partial charge in [0.15, 0.2) is 0 Å². The first-order valence-corrected chi connectivity index (χ1v) is 9.30. The molecule has 2 amide bonds. The molecule has 1 aromatic heterocycles. The fourth-order valence-electron chi connectivity index (χ4n) is 2.99. The highest BCUT2D eigenvalue weighted by Crippen LogP contribution is 2.27. The van der Waals surface area contributed by atoms with Crippen molar-refractivity contribution in [2.24, 2.45) is 0 Å². The van der Waals surface area contributed by atoms with Crippen molar-refractivity contribution in [3.63, 3.8) is 0 Å². The highest BCUT2D eigenvalue weighted by atomic mass is 16.5. The van der Waals surface area contributed by atoms with Crippen molar-refractivity contribution in [1.29, 1.82) is 0 Å². The van der Waals surface area contributed by atoms with Gasteiger partial charge in [0.25, 0.3) is 0 Å². The topological polar surface area (TPSA) is 66.5 Å². The Hall–Kier alpha value is -2.34. The van der Waals surface area contributed by atoms with Crippen molar-refractivity contribution in [3.05, 3.63) is 30.5 Å². The summed E-state index contributed by atoms with van der Waals surface area (Å²) in [6.07, 6.45) is 3.72. The third-order valence-corrected chi connectivity index (χ3v) is 4.55. The Morgan fingerprint density at radius 2 is 2.08 bits per heavy atom. The van der Waals surface area contributed by atoms with Crippen LogP contribution in [0.5, 0.6) is 5.75 Å². The largest absolute Gasteiger partial charge is 0.497 e. The predicted molar refractivity (Wildman–Crippen MR) is 107 cm³/mol. The fourth-order valence-corrected chi connectivity index (χ4v) is 2.99. The molecule has 2 N–H and O–H groups in total. The minimum Gasteiger partial charge on any atom is -0.497 e. The molecule has 0 radical (unpaired) electrons. The molecule has 0 spiro atoms. The standard InChI is InChI=1S/C20H30N4O2/c1-5-24(6-2)12-8-9-15(3)22-20(25)23-18-14-17(26-4)13-16-10-7-11-21-19(16)18/h7,10-11,13-15H,5-6,8-9,12H2,1-4H3,(H2,22,23,25)/t15-/m1/s1. The van der Waals surface area contributed by atoms with Crippen LogP contribution in [0.1, 0.15) is 33.6 Å². The fraction of sp³-hybridized carbons (Fsp3) is 0.500. The number of methoxy groups -OCH3 is 1. The second-order valence-corrected chi connectivity index (χ2v) is 6.42. The van der Waals surface area contributed by atoms with Crippen molar-refractivity contribution in [3.8, 4) is 5.75 Å². The van der Waals surface area contributed by atoms with Crippen LogP contribution in [0.3, 0.4) is 0 Å². The van der Waals surface area contributed by atoms with Gasteiger partial charge in [-0.05, 0) is 51.5 Å². The van der Waals surface area contributed by atoms with Gasteiger partial charge in [-0.3, -0.25) is 4.98 Å². The Kier molecular flexibility index (Phi) is 7.66. The van der Waals surface area contributed by atoms with Gasteiger partial charge in [0.05, 0.1) is 18.3 Å². The van der Waals surface area contributed by atoms with E-state index in [9.17, 15) is 4.79 Å². The molecule has 0 aliphatic carbocycles. The maximum atomic E-state index is 12.4. The van der Waals surface area contributed by atoms with E-state index < -0.39 is 0 Å². The second-order valence-electron chi connectivity index (χ2n) is 6.42. The molecule has 142 valence electrons. The van der Waals surface area contributed by atoms with E-state index in [2.05, 4.69) is 34.4 Å². The summed E-state index contributed by atoms with van der Waals surface area (Å²) in [5, 5.41) is 6.84. The van der Waals surface area contributed by atoms with Crippen LogP contribution in [-0.4, -0.2) is 48.7 Å². The van der Waals surface area contributed by atoms with Crippen molar-refractivity contribution in [1.82, 2.24) is 15.2 Å². The van der Waals surface area contributed by atoms with Gasteiger partial charge in [-0.15, -0.1) is 0 Å². The van der Waals surface area contributed by atoms with Crippen LogP contribution in [-0.2, 0) is 0 Å². The summed E-state index contributed by atoms with van der Waals surface area (Å²) in [7, 11) is 1.61. The lowest BCUT2D eigenvalue weighted by atomic mass is 10.1. The Balaban J connectivity index is 1.94. The van der Waals surface area contributed by atoms with Crippen molar-refractivity contribution in [2.75, 3.05) is 32.1 Å². The van der Waals surface area contributed by atoms with E-state index in [1.54, 1.807) is 19.4 Å². The van der Waals surface area contributed by atoms with E-state index in [-0.39, 0.29) is 12.1 Å². The Bertz CT molecular complexity index is 716. The number of nitrogens with one attached hydrogen (secondary N) is 2. The summed E-state index contributed by atoms with van der Waals surface area (Å²) >= 11 is 0. The molecule has 1 heterocycles. The summed E-state index contributed by atoms with van der Waals surface area (Å²) in [6.45, 7) is 9.56. The van der Waals surface area contributed by atoms with Crippen LogP contribution in [0.25, 0.3) is 10.9 Å². The SMILES string of the molecule is CCN(CC)CCC[C@@H](C)NC(=O)Nc1cc(OC)cc2cccnc12. The maximum absolute atomic E-state index is 12.4. The van der Waals surface area contributed by atoms with Gasteiger partial charge in [0, 0.05) is 23.7 Å². The number of carbonyl (C=O) groups is 1. The lowest BCUT2D eigenvalue weighted by Crippen LogP contribution is -2.36. The summed E-state index contributed by atoms with van der Waals surface area (Å²) in [5.74, 6) is 0.688. The number of anilines is 1. The predicted octanol–water partition coefficient (Wildman–Crippen LogP) is 3.88. The van der Waals surface area contributed by atoms with Crippen LogP contribution in [0, 0.1) is 0 Å². The number of hydrogen-bond donors (Lipinski definition) is 2. The summed E-state index contributed by atoms with van der Waals surface area (Å²) in [6, 6.07) is 7.39. The van der Waals surface area contributed by atoms with Crippen molar-refractivity contribution >= 4 is 22.6 Å². The zero-order chi connectivity index (χ0) is 18.9. The molecular weight excluding hydrogens is 328 g/mol. The van der Waals surface area contributed by atoms with Crippen LogP contribution < -0.4 is 15.4 Å². The molecule has 6 nitrogen and oxygen atoms in total. The Labute approximate surface area is 155 Å². The molecule has 0 aliphatic rings. The minimum atomic E-state index is -0.222. The number of nitrogens with zero attached hydrogens (tertiary/aromatic N) is 2. The molecule has 1 atom stereocenters. The monoisotopic (exact) mass is 358 g/mol. The average Bonchev–Trinajstić information content (AvgIpc) is 2.65. The summed E-state index contributed by atoms with van der Waals surface area (Å²) in [4.78, 5) is 19.1. The number of hydrogen-bond acceptors (Lipinski definition) is 4. The van der Waals surface area contributed by atoms with E-state index >= 15 is 0 Å². The lowest BCUT2D eigenvalue weighted by Gasteiger charge is -2.20. The number of pyridine rings is 1. The summed E-state index contributed by atoms with van der Waals surface area (Å²) in [5.41, 5.74) is 1.39. The second kappa shape index (κ2) is 9.97. The first-order valence-electron chi connectivity index (χ1n) is 9.30. The highest BCUT2D eigenvalue weighted by Gasteiger charge is 2.12. The quantitative estimate of drug-likeness (QED) is 0.714. The van der Waals surface area contributed by atoms with E-state index in [4.69, 9.17) is 4.74 Å². The molecule has 0 aliphatic heterocycles. The van der Waals surface area contributed by atoms with Crippen LogP contribution in [0.15, 0.2) is 30.5 Å². The van der Waals surface area contributed by atoms with Gasteiger partial charge < -0.3 is 20.3 Å². The molecule has 2 aromatic rings. The number of benzene rings is 1. The van der Waals surface area contributed by atoms with E-state index in [1.807, 2.05) is 25.1 Å². The van der Waals surface area contributed by atoms with Gasteiger partial charge in [-0.25, -0.2) is 4.79 Å². The molecule has 2 rings (SSSR count). The number of rotatable bonds is 9. The molecule has 6 heteroatoms. The first-order chi connectivity index (χ1) is 12.6. The van der Waals surface area contributed by atoms with Crippen LogP contribution in [0.4, 0.5) is 10.5 Å². The lowest BCUT2D eigenvalue weighted by molar-refractivity contribution is 0.247. The van der Waals surface area contributed by atoms with Crippen LogP contribution in [0.2, 0.25) is 0 Å². The van der Waals surface area contributed by atoms with E-state index in [0.717, 1.165) is 43.4 Å². The molecule has 0 fully saturated rings. The zero-order valence-electron chi connectivity index (χ0n) is 16.2. The minimum absolute atomic E-state index is 0.107. The number of carbonyl (C=O) groups excluding carboxylic acids is 1. The first kappa shape index (κ1) is 20.0. The smallest absolute Gasteiger partial charge is 0.319 e. The van der Waals surface area contributed by atoms with Gasteiger partial charge in [-0.1, -0.05) is 19.9 Å². The van der Waals surface area contributed by atoms with Crippen LogP contribution >= 0.6 is 0 Å². The average molecular weight is 358 g/mol. The molecule has 0 bridgehead atoms. The molecule has 0 unspecified atom stereocenters. The maximum Gasteiger partial charge on any atom is 0.319 e. The van der Waals surface area contributed by atoms with Gasteiger partial charge in [0.1, 0.15) is 5.75 Å².